The lowest BCUT2D eigenvalue weighted by Crippen LogP contribution is -2.37. The maximum absolute atomic E-state index is 13.0. The van der Waals surface area contributed by atoms with Crippen LogP contribution in [-0.4, -0.2) is 18.4 Å². The maximum Gasteiger partial charge on any atom is 0.251 e. The molecule has 1 atom stereocenters. The van der Waals surface area contributed by atoms with E-state index >= 15 is 0 Å². The SMILES string of the molecule is O=C(NCc1ccc(F)cc1)c1cccc(-c2ccc(C[C@H]3CCCNC3=O)cc2)c1. The van der Waals surface area contributed by atoms with E-state index in [0.717, 1.165) is 48.1 Å². The molecule has 1 saturated heterocycles. The van der Waals surface area contributed by atoms with E-state index in [1.54, 1.807) is 18.2 Å². The molecule has 4 rings (SSSR count). The lowest BCUT2D eigenvalue weighted by molar-refractivity contribution is -0.126. The first-order chi connectivity index (χ1) is 15.1. The first kappa shape index (κ1) is 20.8. The van der Waals surface area contributed by atoms with Crippen molar-refractivity contribution in [2.75, 3.05) is 6.54 Å². The first-order valence-corrected chi connectivity index (χ1v) is 10.6. The molecule has 1 fully saturated rings. The molecule has 3 aromatic rings. The fraction of sp³-hybridized carbons (Fsp3) is 0.231. The summed E-state index contributed by atoms with van der Waals surface area (Å²) in [5.41, 5.74) is 4.52. The van der Waals surface area contributed by atoms with Gasteiger partial charge in [0.15, 0.2) is 0 Å². The molecule has 1 aliphatic rings. The molecule has 0 radical (unpaired) electrons. The van der Waals surface area contributed by atoms with E-state index in [1.807, 2.05) is 30.3 Å². The highest BCUT2D eigenvalue weighted by molar-refractivity contribution is 5.95. The van der Waals surface area contributed by atoms with Crippen LogP contribution in [0.25, 0.3) is 11.1 Å². The molecular weight excluding hydrogens is 391 g/mol. The minimum atomic E-state index is -0.296. The standard InChI is InChI=1S/C26H25FN2O2/c27-24-12-8-19(9-13-24)17-29-26(31)23-4-1-3-21(16-23)20-10-6-18(7-11-20)15-22-5-2-14-28-25(22)30/h1,3-4,6-13,16,22H,2,5,14-15,17H2,(H,28,30)(H,29,31)/t22-/m1/s1. The predicted octanol–water partition coefficient (Wildman–Crippen LogP) is 4.49. The van der Waals surface area contributed by atoms with E-state index in [-0.39, 0.29) is 23.5 Å². The van der Waals surface area contributed by atoms with Crippen molar-refractivity contribution in [2.45, 2.75) is 25.8 Å². The van der Waals surface area contributed by atoms with Crippen molar-refractivity contribution in [3.63, 3.8) is 0 Å². The average molecular weight is 416 g/mol. The van der Waals surface area contributed by atoms with E-state index in [2.05, 4.69) is 22.8 Å². The number of nitrogens with one attached hydrogen (secondary N) is 2. The van der Waals surface area contributed by atoms with Gasteiger partial charge in [0.2, 0.25) is 5.91 Å². The normalized spacial score (nSPS) is 15.9. The van der Waals surface area contributed by atoms with Crippen LogP contribution < -0.4 is 10.6 Å². The zero-order chi connectivity index (χ0) is 21.6. The molecule has 2 amide bonds. The Morgan fingerprint density at radius 1 is 0.968 bits per heavy atom. The van der Waals surface area contributed by atoms with E-state index in [0.29, 0.717) is 12.1 Å². The molecule has 158 valence electrons. The number of halogens is 1. The molecule has 5 heteroatoms. The zero-order valence-electron chi connectivity index (χ0n) is 17.2. The quantitative estimate of drug-likeness (QED) is 0.622. The smallest absolute Gasteiger partial charge is 0.251 e. The molecule has 1 heterocycles. The summed E-state index contributed by atoms with van der Waals surface area (Å²) in [6, 6.07) is 21.7. The monoisotopic (exact) mass is 416 g/mol. The summed E-state index contributed by atoms with van der Waals surface area (Å²) in [5, 5.41) is 5.81. The second-order valence-corrected chi connectivity index (χ2v) is 7.92. The summed E-state index contributed by atoms with van der Waals surface area (Å²) in [4.78, 5) is 24.5. The van der Waals surface area contributed by atoms with Gasteiger partial charge in [0.25, 0.3) is 5.91 Å². The summed E-state index contributed by atoms with van der Waals surface area (Å²) in [6.07, 6.45) is 2.71. The predicted molar refractivity (Wildman–Crippen MR) is 119 cm³/mol. The Balaban J connectivity index is 1.40. The summed E-state index contributed by atoms with van der Waals surface area (Å²) in [5.74, 6) is -0.274. The Kier molecular flexibility index (Phi) is 6.41. The average Bonchev–Trinajstić information content (AvgIpc) is 2.80. The molecule has 0 bridgehead atoms. The highest BCUT2D eigenvalue weighted by atomic mass is 19.1. The second kappa shape index (κ2) is 9.56. The van der Waals surface area contributed by atoms with Gasteiger partial charge in [-0.05, 0) is 65.8 Å². The van der Waals surface area contributed by atoms with Gasteiger partial charge in [0, 0.05) is 24.6 Å². The van der Waals surface area contributed by atoms with Gasteiger partial charge in [-0.15, -0.1) is 0 Å². The fourth-order valence-corrected chi connectivity index (χ4v) is 3.87. The van der Waals surface area contributed by atoms with Gasteiger partial charge in [0.1, 0.15) is 5.82 Å². The summed E-state index contributed by atoms with van der Waals surface area (Å²) in [7, 11) is 0. The molecule has 0 spiro atoms. The van der Waals surface area contributed by atoms with Gasteiger partial charge >= 0.3 is 0 Å². The second-order valence-electron chi connectivity index (χ2n) is 7.92. The molecule has 0 aliphatic carbocycles. The van der Waals surface area contributed by atoms with Crippen LogP contribution in [0.2, 0.25) is 0 Å². The molecule has 2 N–H and O–H groups in total. The third-order valence-corrected chi connectivity index (χ3v) is 5.66. The minimum Gasteiger partial charge on any atom is -0.356 e. The minimum absolute atomic E-state index is 0.0488. The first-order valence-electron chi connectivity index (χ1n) is 10.6. The highest BCUT2D eigenvalue weighted by Gasteiger charge is 2.21. The van der Waals surface area contributed by atoms with Gasteiger partial charge in [-0.25, -0.2) is 4.39 Å². The molecule has 0 aromatic heterocycles. The molecular formula is C26H25FN2O2. The van der Waals surface area contributed by atoms with E-state index in [9.17, 15) is 14.0 Å². The van der Waals surface area contributed by atoms with Crippen molar-refractivity contribution in [3.8, 4) is 11.1 Å². The van der Waals surface area contributed by atoms with Crippen LogP contribution in [0.1, 0.15) is 34.3 Å². The number of hydrogen-bond donors (Lipinski definition) is 2. The van der Waals surface area contributed by atoms with Gasteiger partial charge in [-0.1, -0.05) is 48.5 Å². The van der Waals surface area contributed by atoms with Crippen molar-refractivity contribution < 1.29 is 14.0 Å². The van der Waals surface area contributed by atoms with Crippen LogP contribution in [0.15, 0.2) is 72.8 Å². The number of rotatable bonds is 6. The lowest BCUT2D eigenvalue weighted by Gasteiger charge is -2.21. The maximum atomic E-state index is 13.0. The fourth-order valence-electron chi connectivity index (χ4n) is 3.87. The topological polar surface area (TPSA) is 58.2 Å². The molecule has 0 unspecified atom stereocenters. The van der Waals surface area contributed by atoms with E-state index in [1.165, 1.54) is 12.1 Å². The molecule has 0 saturated carbocycles. The third-order valence-electron chi connectivity index (χ3n) is 5.66. The van der Waals surface area contributed by atoms with Crippen molar-refractivity contribution in [1.29, 1.82) is 0 Å². The third kappa shape index (κ3) is 5.37. The number of benzene rings is 3. The van der Waals surface area contributed by atoms with Crippen molar-refractivity contribution in [3.05, 3.63) is 95.3 Å². The van der Waals surface area contributed by atoms with Crippen molar-refractivity contribution >= 4 is 11.8 Å². The van der Waals surface area contributed by atoms with E-state index in [4.69, 9.17) is 0 Å². The molecule has 3 aromatic carbocycles. The Labute approximate surface area is 181 Å². The molecule has 4 nitrogen and oxygen atoms in total. The molecule has 31 heavy (non-hydrogen) atoms. The largest absolute Gasteiger partial charge is 0.356 e. The van der Waals surface area contributed by atoms with Crippen LogP contribution >= 0.6 is 0 Å². The Morgan fingerprint density at radius 2 is 1.71 bits per heavy atom. The number of carbonyl (C=O) groups excluding carboxylic acids is 2. The van der Waals surface area contributed by atoms with E-state index < -0.39 is 0 Å². The van der Waals surface area contributed by atoms with Crippen molar-refractivity contribution in [2.24, 2.45) is 5.92 Å². The van der Waals surface area contributed by atoms with Crippen LogP contribution in [0.3, 0.4) is 0 Å². The van der Waals surface area contributed by atoms with Crippen LogP contribution in [-0.2, 0) is 17.8 Å². The summed E-state index contributed by atoms with van der Waals surface area (Å²) < 4.78 is 13.0. The zero-order valence-corrected chi connectivity index (χ0v) is 17.2. The van der Waals surface area contributed by atoms with Gasteiger partial charge in [-0.3, -0.25) is 9.59 Å². The summed E-state index contributed by atoms with van der Waals surface area (Å²) in [6.45, 7) is 1.12. The Bertz CT molecular complexity index is 1060. The number of carbonyl (C=O) groups is 2. The number of hydrogen-bond acceptors (Lipinski definition) is 2. The van der Waals surface area contributed by atoms with Crippen LogP contribution in [0.5, 0.6) is 0 Å². The van der Waals surface area contributed by atoms with Gasteiger partial charge in [0.05, 0.1) is 0 Å². The van der Waals surface area contributed by atoms with Crippen LogP contribution in [0, 0.1) is 11.7 Å². The van der Waals surface area contributed by atoms with Gasteiger partial charge in [-0.2, -0.15) is 0 Å². The number of amides is 2. The number of piperidine rings is 1. The Hall–Kier alpha value is -3.47. The Morgan fingerprint density at radius 3 is 2.45 bits per heavy atom. The van der Waals surface area contributed by atoms with Gasteiger partial charge < -0.3 is 10.6 Å². The molecule has 1 aliphatic heterocycles. The van der Waals surface area contributed by atoms with Crippen LogP contribution in [0.4, 0.5) is 4.39 Å². The summed E-state index contributed by atoms with van der Waals surface area (Å²) >= 11 is 0. The highest BCUT2D eigenvalue weighted by Crippen LogP contribution is 2.23. The lowest BCUT2D eigenvalue weighted by atomic mass is 9.91. The van der Waals surface area contributed by atoms with Crippen molar-refractivity contribution in [1.82, 2.24) is 10.6 Å².